The van der Waals surface area contributed by atoms with Crippen LogP contribution in [0, 0.1) is 5.92 Å². The average molecular weight is 371 g/mol. The Morgan fingerprint density at radius 1 is 1.26 bits per heavy atom. The molecule has 1 atom stereocenters. The Hall–Kier alpha value is -0.960. The van der Waals surface area contributed by atoms with Crippen molar-refractivity contribution >= 4 is 22.4 Å². The van der Waals surface area contributed by atoms with Crippen molar-refractivity contribution in [3.63, 3.8) is 0 Å². The van der Waals surface area contributed by atoms with Gasteiger partial charge in [0.2, 0.25) is 10.0 Å². The standard InChI is InChI=1S/C14H20F2N2O3S.ClH/c15-14(16)21-12-7-3-4-8-13(12)22(19,20)18-11(9-17)10-5-1-2-6-10;/h3-4,7-8,10-11,14,18H,1-2,5-6,9,17H2;1H. The molecule has 2 rings (SSSR count). The van der Waals surface area contributed by atoms with E-state index < -0.39 is 22.7 Å². The second-order valence-electron chi connectivity index (χ2n) is 5.33. The van der Waals surface area contributed by atoms with Gasteiger partial charge < -0.3 is 10.5 Å². The van der Waals surface area contributed by atoms with Gasteiger partial charge in [0.15, 0.2) is 0 Å². The first-order chi connectivity index (χ1) is 10.4. The van der Waals surface area contributed by atoms with Crippen LogP contribution >= 0.6 is 12.4 Å². The van der Waals surface area contributed by atoms with Crippen molar-refractivity contribution in [2.75, 3.05) is 6.54 Å². The molecule has 1 aromatic rings. The van der Waals surface area contributed by atoms with Gasteiger partial charge >= 0.3 is 6.61 Å². The number of sulfonamides is 1. The van der Waals surface area contributed by atoms with Crippen molar-refractivity contribution in [2.45, 2.75) is 43.2 Å². The van der Waals surface area contributed by atoms with Gasteiger partial charge in [-0.3, -0.25) is 0 Å². The summed E-state index contributed by atoms with van der Waals surface area (Å²) in [6.07, 6.45) is 3.93. The van der Waals surface area contributed by atoms with Gasteiger partial charge in [0.25, 0.3) is 0 Å². The van der Waals surface area contributed by atoms with E-state index in [1.165, 1.54) is 24.3 Å². The zero-order valence-corrected chi connectivity index (χ0v) is 14.1. The second-order valence-corrected chi connectivity index (χ2v) is 7.02. The van der Waals surface area contributed by atoms with Crippen LogP contribution in [0.2, 0.25) is 0 Å². The van der Waals surface area contributed by atoms with Crippen molar-refractivity contribution < 1.29 is 21.9 Å². The lowest BCUT2D eigenvalue weighted by atomic mass is 9.99. The van der Waals surface area contributed by atoms with Crippen LogP contribution in [0.4, 0.5) is 8.78 Å². The average Bonchev–Trinajstić information content (AvgIpc) is 2.98. The molecule has 1 saturated carbocycles. The SMILES string of the molecule is Cl.NCC(NS(=O)(=O)c1ccccc1OC(F)F)C1CCCC1. The van der Waals surface area contributed by atoms with E-state index in [0.717, 1.165) is 25.7 Å². The highest BCUT2D eigenvalue weighted by Gasteiger charge is 2.30. The Bertz CT molecular complexity index is 595. The number of nitrogens with two attached hydrogens (primary N) is 1. The topological polar surface area (TPSA) is 81.4 Å². The maximum absolute atomic E-state index is 12.5. The van der Waals surface area contributed by atoms with Gasteiger partial charge in [0.1, 0.15) is 10.6 Å². The third-order valence-corrected chi connectivity index (χ3v) is 5.41. The minimum atomic E-state index is -3.97. The number of ether oxygens (including phenoxy) is 1. The zero-order chi connectivity index (χ0) is 16.2. The fourth-order valence-corrected chi connectivity index (χ4v) is 4.28. The molecule has 5 nitrogen and oxygen atoms in total. The molecule has 0 bridgehead atoms. The lowest BCUT2D eigenvalue weighted by Crippen LogP contribution is -2.44. The molecule has 0 aromatic heterocycles. The Morgan fingerprint density at radius 3 is 2.43 bits per heavy atom. The molecule has 132 valence electrons. The summed E-state index contributed by atoms with van der Waals surface area (Å²) in [6, 6.07) is 4.94. The van der Waals surface area contributed by atoms with E-state index >= 15 is 0 Å². The van der Waals surface area contributed by atoms with E-state index in [1.807, 2.05) is 0 Å². The van der Waals surface area contributed by atoms with Crippen molar-refractivity contribution in [1.82, 2.24) is 4.72 Å². The van der Waals surface area contributed by atoms with Crippen LogP contribution in [-0.4, -0.2) is 27.6 Å². The lowest BCUT2D eigenvalue weighted by Gasteiger charge is -2.23. The van der Waals surface area contributed by atoms with Crippen molar-refractivity contribution in [3.8, 4) is 5.75 Å². The van der Waals surface area contributed by atoms with Crippen LogP contribution < -0.4 is 15.2 Å². The van der Waals surface area contributed by atoms with Crippen LogP contribution in [0.5, 0.6) is 5.75 Å². The first kappa shape index (κ1) is 20.1. The highest BCUT2D eigenvalue weighted by Crippen LogP contribution is 2.30. The van der Waals surface area contributed by atoms with Crippen molar-refractivity contribution in [3.05, 3.63) is 24.3 Å². The zero-order valence-electron chi connectivity index (χ0n) is 12.5. The maximum atomic E-state index is 12.5. The Morgan fingerprint density at radius 2 is 1.87 bits per heavy atom. The highest BCUT2D eigenvalue weighted by atomic mass is 35.5. The molecule has 0 heterocycles. The first-order valence-electron chi connectivity index (χ1n) is 7.20. The molecule has 0 radical (unpaired) electrons. The lowest BCUT2D eigenvalue weighted by molar-refractivity contribution is -0.0517. The molecule has 1 unspecified atom stereocenters. The summed E-state index contributed by atoms with van der Waals surface area (Å²) >= 11 is 0. The fraction of sp³-hybridized carbons (Fsp3) is 0.571. The molecule has 1 aliphatic carbocycles. The summed E-state index contributed by atoms with van der Waals surface area (Å²) in [5.41, 5.74) is 5.68. The Kier molecular flexibility index (Phi) is 7.66. The molecule has 0 amide bonds. The van der Waals surface area contributed by atoms with E-state index in [-0.39, 0.29) is 35.5 Å². The maximum Gasteiger partial charge on any atom is 0.387 e. The normalized spacial score (nSPS) is 17.0. The van der Waals surface area contributed by atoms with Gasteiger partial charge in [-0.2, -0.15) is 8.78 Å². The summed E-state index contributed by atoms with van der Waals surface area (Å²) in [4.78, 5) is -0.299. The summed E-state index contributed by atoms with van der Waals surface area (Å²) in [6.45, 7) is -2.92. The summed E-state index contributed by atoms with van der Waals surface area (Å²) in [5, 5.41) is 0. The van der Waals surface area contributed by atoms with Crippen molar-refractivity contribution in [1.29, 1.82) is 0 Å². The Labute approximate surface area is 141 Å². The number of para-hydroxylation sites is 1. The van der Waals surface area contributed by atoms with Gasteiger partial charge in [-0.25, -0.2) is 13.1 Å². The predicted octanol–water partition coefficient (Wildman–Crippen LogP) is 2.51. The molecule has 1 aliphatic rings. The van der Waals surface area contributed by atoms with Crippen LogP contribution in [0.1, 0.15) is 25.7 Å². The third-order valence-electron chi connectivity index (χ3n) is 3.88. The molecule has 1 aromatic carbocycles. The number of alkyl halides is 2. The molecular formula is C14H21ClF2N2O3S. The number of nitrogens with one attached hydrogen (secondary N) is 1. The summed E-state index contributed by atoms with van der Waals surface area (Å²) in [5.74, 6) is -0.185. The van der Waals surface area contributed by atoms with E-state index in [9.17, 15) is 17.2 Å². The van der Waals surface area contributed by atoms with E-state index in [0.29, 0.717) is 0 Å². The van der Waals surface area contributed by atoms with Gasteiger partial charge in [0.05, 0.1) is 0 Å². The summed E-state index contributed by atoms with van der Waals surface area (Å²) < 4.78 is 56.6. The van der Waals surface area contributed by atoms with Crippen molar-refractivity contribution in [2.24, 2.45) is 11.7 Å². The van der Waals surface area contributed by atoms with Crippen LogP contribution in [-0.2, 0) is 10.0 Å². The van der Waals surface area contributed by atoms with E-state index in [2.05, 4.69) is 9.46 Å². The van der Waals surface area contributed by atoms with Gasteiger partial charge in [-0.1, -0.05) is 25.0 Å². The number of rotatable bonds is 7. The molecule has 1 fully saturated rings. The molecule has 0 spiro atoms. The summed E-state index contributed by atoms with van der Waals surface area (Å²) in [7, 11) is -3.97. The number of hydrogen-bond donors (Lipinski definition) is 2. The van der Waals surface area contributed by atoms with Crippen LogP contribution in [0.3, 0.4) is 0 Å². The molecule has 9 heteroatoms. The highest BCUT2D eigenvalue weighted by molar-refractivity contribution is 7.89. The molecule has 0 saturated heterocycles. The minimum absolute atomic E-state index is 0. The van der Waals surface area contributed by atoms with E-state index in [1.54, 1.807) is 0 Å². The molecule has 23 heavy (non-hydrogen) atoms. The number of halogens is 3. The largest absolute Gasteiger partial charge is 0.433 e. The molecule has 0 aliphatic heterocycles. The van der Waals surface area contributed by atoms with Crippen LogP contribution in [0.15, 0.2) is 29.2 Å². The quantitative estimate of drug-likeness (QED) is 0.772. The van der Waals surface area contributed by atoms with E-state index in [4.69, 9.17) is 5.73 Å². The first-order valence-corrected chi connectivity index (χ1v) is 8.68. The molecule has 3 N–H and O–H groups in total. The number of benzene rings is 1. The predicted molar refractivity (Wildman–Crippen MR) is 85.4 cm³/mol. The minimum Gasteiger partial charge on any atom is -0.433 e. The van der Waals surface area contributed by atoms with Gasteiger partial charge in [-0.15, -0.1) is 12.4 Å². The smallest absolute Gasteiger partial charge is 0.387 e. The fourth-order valence-electron chi connectivity index (χ4n) is 2.82. The monoisotopic (exact) mass is 370 g/mol. The van der Waals surface area contributed by atoms with Crippen LogP contribution in [0.25, 0.3) is 0 Å². The van der Waals surface area contributed by atoms with Gasteiger partial charge in [0, 0.05) is 12.6 Å². The molecular weight excluding hydrogens is 350 g/mol. The Balaban J connectivity index is 0.00000264. The third kappa shape index (κ3) is 5.27. The van der Waals surface area contributed by atoms with Gasteiger partial charge in [-0.05, 0) is 30.9 Å². The number of hydrogen-bond acceptors (Lipinski definition) is 4. The second kappa shape index (κ2) is 8.77.